The molecule has 0 saturated heterocycles. The van der Waals surface area contributed by atoms with E-state index in [1.165, 1.54) is 0 Å². The van der Waals surface area contributed by atoms with Crippen LogP contribution in [0.2, 0.25) is 19.6 Å². The second kappa shape index (κ2) is 9.78. The molecule has 0 aromatic heterocycles. The minimum Gasteiger partial charge on any atom is -0.484 e. The lowest BCUT2D eigenvalue weighted by molar-refractivity contribution is -0.143. The van der Waals surface area contributed by atoms with E-state index in [1.54, 1.807) is 19.1 Å². The van der Waals surface area contributed by atoms with Crippen molar-refractivity contribution in [2.24, 2.45) is 0 Å². The first kappa shape index (κ1) is 19.8. The summed E-state index contributed by atoms with van der Waals surface area (Å²) in [6.07, 6.45) is 0.0302. The fraction of sp³-hybridized carbons (Fsp3) is 0.444. The highest BCUT2D eigenvalue weighted by atomic mass is 28.3. The summed E-state index contributed by atoms with van der Waals surface area (Å²) in [7, 11) is -1.61. The third-order valence-electron chi connectivity index (χ3n) is 2.75. The largest absolute Gasteiger partial charge is 0.484 e. The Bertz CT molecular complexity index is 599. The van der Waals surface area contributed by atoms with Crippen molar-refractivity contribution in [1.82, 2.24) is 5.32 Å². The zero-order valence-corrected chi connectivity index (χ0v) is 15.7. The standard InChI is InChI=1S/C18H25NO4Si/c1-5-22-18(21)13-15(11-12-24(2,3)4)19-17(20)14-23-16-9-7-6-8-10-16/h6-10,15H,5,13-14H2,1-4H3,(H,19,20)/t15-/m1/s1. The van der Waals surface area contributed by atoms with Crippen molar-refractivity contribution in [3.8, 4) is 17.2 Å². The highest BCUT2D eigenvalue weighted by molar-refractivity contribution is 6.83. The molecule has 0 fully saturated rings. The predicted molar refractivity (Wildman–Crippen MR) is 96.2 cm³/mol. The van der Waals surface area contributed by atoms with Gasteiger partial charge in [-0.2, -0.15) is 0 Å². The summed E-state index contributed by atoms with van der Waals surface area (Å²) >= 11 is 0. The number of para-hydroxylation sites is 1. The van der Waals surface area contributed by atoms with Crippen LogP contribution in [0.4, 0.5) is 0 Å². The molecule has 0 bridgehead atoms. The molecule has 1 rings (SSSR count). The molecule has 5 nitrogen and oxygen atoms in total. The number of hydrogen-bond acceptors (Lipinski definition) is 4. The lowest BCUT2D eigenvalue weighted by atomic mass is 10.2. The number of rotatable bonds is 7. The Hall–Kier alpha value is -2.26. The number of esters is 1. The zero-order chi connectivity index (χ0) is 18.0. The third-order valence-corrected chi connectivity index (χ3v) is 3.64. The summed E-state index contributed by atoms with van der Waals surface area (Å²) in [5, 5.41) is 2.73. The van der Waals surface area contributed by atoms with Gasteiger partial charge in [0.1, 0.15) is 19.9 Å². The van der Waals surface area contributed by atoms with Crippen LogP contribution >= 0.6 is 0 Å². The van der Waals surface area contributed by atoms with Crippen molar-refractivity contribution in [3.63, 3.8) is 0 Å². The van der Waals surface area contributed by atoms with Crippen LogP contribution in [0.25, 0.3) is 0 Å². The summed E-state index contributed by atoms with van der Waals surface area (Å²) < 4.78 is 10.3. The van der Waals surface area contributed by atoms with E-state index in [0.717, 1.165) is 0 Å². The SMILES string of the molecule is CCOC(=O)C[C@@H](C#C[Si](C)(C)C)NC(=O)COc1ccccc1. The maximum absolute atomic E-state index is 12.0. The van der Waals surface area contributed by atoms with Gasteiger partial charge in [0.25, 0.3) is 5.91 Å². The van der Waals surface area contributed by atoms with Crippen molar-refractivity contribution in [1.29, 1.82) is 0 Å². The molecule has 24 heavy (non-hydrogen) atoms. The second-order valence-corrected chi connectivity index (χ2v) is 11.0. The van der Waals surface area contributed by atoms with E-state index in [0.29, 0.717) is 12.4 Å². The van der Waals surface area contributed by atoms with Crippen LogP contribution in [0.3, 0.4) is 0 Å². The Balaban J connectivity index is 2.63. The normalized spacial score (nSPS) is 11.7. The summed E-state index contributed by atoms with van der Waals surface area (Å²) in [4.78, 5) is 23.7. The van der Waals surface area contributed by atoms with Gasteiger partial charge in [-0.25, -0.2) is 0 Å². The highest BCUT2D eigenvalue weighted by Crippen LogP contribution is 2.07. The summed E-state index contributed by atoms with van der Waals surface area (Å²) in [6.45, 7) is 8.22. The molecule has 1 aromatic carbocycles. The first-order valence-corrected chi connectivity index (χ1v) is 11.5. The van der Waals surface area contributed by atoms with E-state index in [4.69, 9.17) is 9.47 Å². The smallest absolute Gasteiger partial charge is 0.308 e. The molecule has 6 heteroatoms. The van der Waals surface area contributed by atoms with Gasteiger partial charge in [0.15, 0.2) is 6.61 Å². The Morgan fingerprint density at radius 3 is 2.46 bits per heavy atom. The van der Waals surface area contributed by atoms with E-state index < -0.39 is 14.1 Å². The fourth-order valence-corrected chi connectivity index (χ4v) is 2.34. The van der Waals surface area contributed by atoms with Gasteiger partial charge in [-0.15, -0.1) is 5.54 Å². The Labute approximate surface area is 144 Å². The van der Waals surface area contributed by atoms with Gasteiger partial charge in [0.2, 0.25) is 0 Å². The maximum Gasteiger partial charge on any atom is 0.308 e. The van der Waals surface area contributed by atoms with Gasteiger partial charge < -0.3 is 14.8 Å². The Morgan fingerprint density at radius 2 is 1.88 bits per heavy atom. The number of benzene rings is 1. The molecular weight excluding hydrogens is 322 g/mol. The molecule has 0 radical (unpaired) electrons. The van der Waals surface area contributed by atoms with Gasteiger partial charge in [-0.1, -0.05) is 43.8 Å². The van der Waals surface area contributed by atoms with E-state index >= 15 is 0 Å². The van der Waals surface area contributed by atoms with Crippen LogP contribution in [0.15, 0.2) is 30.3 Å². The molecule has 130 valence electrons. The molecule has 0 aliphatic heterocycles. The number of amides is 1. The lowest BCUT2D eigenvalue weighted by Crippen LogP contribution is -2.39. The monoisotopic (exact) mass is 347 g/mol. The quantitative estimate of drug-likeness (QED) is 0.467. The molecule has 1 aromatic rings. The van der Waals surface area contributed by atoms with Gasteiger partial charge in [-0.3, -0.25) is 9.59 Å². The van der Waals surface area contributed by atoms with Gasteiger partial charge in [0.05, 0.1) is 13.0 Å². The summed E-state index contributed by atoms with van der Waals surface area (Å²) in [5.74, 6) is 2.92. The lowest BCUT2D eigenvalue weighted by Gasteiger charge is -2.14. The molecule has 0 unspecified atom stereocenters. The van der Waals surface area contributed by atoms with E-state index in [2.05, 4.69) is 36.4 Å². The third kappa shape index (κ3) is 9.01. The first-order chi connectivity index (χ1) is 11.3. The average Bonchev–Trinajstić information content (AvgIpc) is 2.51. The van der Waals surface area contributed by atoms with Crippen molar-refractivity contribution in [3.05, 3.63) is 30.3 Å². The molecule has 0 spiro atoms. The molecule has 1 atom stereocenters. The second-order valence-electron chi connectivity index (χ2n) is 6.25. The Kier molecular flexibility index (Phi) is 8.06. The summed E-state index contributed by atoms with van der Waals surface area (Å²) in [5.41, 5.74) is 3.17. The predicted octanol–water partition coefficient (Wildman–Crippen LogP) is 2.38. The van der Waals surface area contributed by atoms with Crippen molar-refractivity contribution in [2.45, 2.75) is 39.0 Å². The molecule has 1 amide bonds. The highest BCUT2D eigenvalue weighted by Gasteiger charge is 2.17. The molecular formula is C18H25NO4Si. The van der Waals surface area contributed by atoms with Crippen molar-refractivity contribution in [2.75, 3.05) is 13.2 Å². The molecule has 0 aliphatic rings. The first-order valence-electron chi connectivity index (χ1n) is 7.95. The number of carbonyl (C=O) groups excluding carboxylic acids is 2. The number of hydrogen-bond donors (Lipinski definition) is 1. The van der Waals surface area contributed by atoms with Crippen LogP contribution < -0.4 is 10.1 Å². The van der Waals surface area contributed by atoms with E-state index in [9.17, 15) is 9.59 Å². The zero-order valence-electron chi connectivity index (χ0n) is 14.7. The maximum atomic E-state index is 12.0. The van der Waals surface area contributed by atoms with Gasteiger partial charge in [-0.05, 0) is 19.1 Å². The van der Waals surface area contributed by atoms with Crippen LogP contribution in [0.5, 0.6) is 5.75 Å². The van der Waals surface area contributed by atoms with Gasteiger partial charge in [0, 0.05) is 0 Å². The van der Waals surface area contributed by atoms with E-state index in [-0.39, 0.29) is 24.9 Å². The number of nitrogens with one attached hydrogen (secondary N) is 1. The molecule has 0 saturated carbocycles. The van der Waals surface area contributed by atoms with Gasteiger partial charge >= 0.3 is 5.97 Å². The Morgan fingerprint density at radius 1 is 1.21 bits per heavy atom. The minimum absolute atomic E-state index is 0.0302. The average molecular weight is 347 g/mol. The van der Waals surface area contributed by atoms with Crippen LogP contribution in [0.1, 0.15) is 13.3 Å². The molecule has 0 aliphatic carbocycles. The minimum atomic E-state index is -1.61. The molecule has 1 N–H and O–H groups in total. The van der Waals surface area contributed by atoms with E-state index in [1.807, 2.05) is 18.2 Å². The topological polar surface area (TPSA) is 64.6 Å². The van der Waals surface area contributed by atoms with Crippen LogP contribution in [-0.4, -0.2) is 39.2 Å². The van der Waals surface area contributed by atoms with Crippen LogP contribution in [-0.2, 0) is 14.3 Å². The van der Waals surface area contributed by atoms with Crippen molar-refractivity contribution >= 4 is 20.0 Å². The number of ether oxygens (including phenoxy) is 2. The molecule has 0 heterocycles. The summed E-state index contributed by atoms with van der Waals surface area (Å²) in [6, 6.07) is 8.51. The van der Waals surface area contributed by atoms with Crippen LogP contribution in [0, 0.1) is 11.5 Å². The fourth-order valence-electron chi connectivity index (χ4n) is 1.73. The number of carbonyl (C=O) groups is 2. The van der Waals surface area contributed by atoms with Crippen molar-refractivity contribution < 1.29 is 19.1 Å².